The van der Waals surface area contributed by atoms with Crippen molar-refractivity contribution in [3.05, 3.63) is 12.2 Å². The van der Waals surface area contributed by atoms with Gasteiger partial charge in [-0.25, -0.2) is 13.2 Å². The second-order valence-corrected chi connectivity index (χ2v) is 1.74. The molecule has 0 spiro atoms. The molecule has 0 rings (SSSR count). The SMILES string of the molecule is F/C=C(\F)C(CF)C(F)(F)F. The molecule has 0 saturated carbocycles. The van der Waals surface area contributed by atoms with E-state index in [1.807, 2.05) is 0 Å². The molecule has 1 atom stereocenters. The number of allylic oxidation sites excluding steroid dienone is 1. The summed E-state index contributed by atoms with van der Waals surface area (Å²) in [4.78, 5) is 0. The molecule has 0 aromatic heterocycles. The van der Waals surface area contributed by atoms with Crippen LogP contribution in [0, 0.1) is 5.92 Å². The molecule has 11 heavy (non-hydrogen) atoms. The van der Waals surface area contributed by atoms with E-state index in [0.29, 0.717) is 0 Å². The minimum atomic E-state index is -5.07. The summed E-state index contributed by atoms with van der Waals surface area (Å²) in [6.45, 7) is -1.99. The zero-order valence-electron chi connectivity index (χ0n) is 5.13. The van der Waals surface area contributed by atoms with Gasteiger partial charge in [0.1, 0.15) is 24.7 Å². The maximum Gasteiger partial charge on any atom is 0.400 e. The molecular weight excluding hydrogens is 174 g/mol. The fourth-order valence-electron chi connectivity index (χ4n) is 0.394. The third-order valence-electron chi connectivity index (χ3n) is 0.987. The van der Waals surface area contributed by atoms with E-state index in [4.69, 9.17) is 0 Å². The van der Waals surface area contributed by atoms with Crippen molar-refractivity contribution in [3.8, 4) is 0 Å². The zero-order valence-corrected chi connectivity index (χ0v) is 5.13. The van der Waals surface area contributed by atoms with Gasteiger partial charge in [0.15, 0.2) is 0 Å². The Morgan fingerprint density at radius 3 is 1.91 bits per heavy atom. The van der Waals surface area contributed by atoms with Gasteiger partial charge in [-0.1, -0.05) is 0 Å². The number of halogens is 6. The lowest BCUT2D eigenvalue weighted by Gasteiger charge is -2.13. The standard InChI is InChI=1S/C5H4F6/c6-1-3(4(8)2-7)5(9,10)11/h2-3H,1H2/b4-2-. The Morgan fingerprint density at radius 1 is 1.36 bits per heavy atom. The largest absolute Gasteiger partial charge is 0.400 e. The number of hydrogen-bond donors (Lipinski definition) is 0. The number of hydrogen-bond acceptors (Lipinski definition) is 0. The monoisotopic (exact) mass is 178 g/mol. The van der Waals surface area contributed by atoms with Crippen molar-refractivity contribution in [1.82, 2.24) is 0 Å². The van der Waals surface area contributed by atoms with Crippen molar-refractivity contribution < 1.29 is 26.3 Å². The Balaban J connectivity index is 4.42. The summed E-state index contributed by atoms with van der Waals surface area (Å²) >= 11 is 0. The Kier molecular flexibility index (Phi) is 3.41. The van der Waals surface area contributed by atoms with E-state index in [0.717, 1.165) is 0 Å². The highest BCUT2D eigenvalue weighted by Crippen LogP contribution is 2.32. The summed E-state index contributed by atoms with van der Waals surface area (Å²) in [5.74, 6) is -5.10. The van der Waals surface area contributed by atoms with Crippen molar-refractivity contribution in [1.29, 1.82) is 0 Å². The van der Waals surface area contributed by atoms with Gasteiger partial charge >= 0.3 is 6.18 Å². The van der Waals surface area contributed by atoms with Gasteiger partial charge in [0.05, 0.1) is 0 Å². The van der Waals surface area contributed by atoms with E-state index < -0.39 is 30.9 Å². The molecule has 0 N–H and O–H groups in total. The van der Waals surface area contributed by atoms with Crippen LogP contribution in [0.15, 0.2) is 12.2 Å². The molecule has 0 amide bonds. The first-order valence-electron chi connectivity index (χ1n) is 2.52. The molecule has 0 nitrogen and oxygen atoms in total. The van der Waals surface area contributed by atoms with Crippen molar-refractivity contribution in [3.63, 3.8) is 0 Å². The minimum absolute atomic E-state index is 0.891. The molecule has 0 aromatic rings. The summed E-state index contributed by atoms with van der Waals surface area (Å²) in [5.41, 5.74) is 0. The predicted molar refractivity (Wildman–Crippen MR) is 25.8 cm³/mol. The molecule has 0 saturated heterocycles. The van der Waals surface area contributed by atoms with E-state index in [1.54, 1.807) is 0 Å². The maximum absolute atomic E-state index is 11.8. The summed E-state index contributed by atoms with van der Waals surface area (Å²) < 4.78 is 68.8. The maximum atomic E-state index is 11.8. The van der Waals surface area contributed by atoms with Gasteiger partial charge in [0.2, 0.25) is 0 Å². The topological polar surface area (TPSA) is 0 Å². The van der Waals surface area contributed by atoms with E-state index in [1.165, 1.54) is 0 Å². The van der Waals surface area contributed by atoms with Crippen LogP contribution in [-0.2, 0) is 0 Å². The quantitative estimate of drug-likeness (QED) is 0.570. The van der Waals surface area contributed by atoms with Crippen molar-refractivity contribution >= 4 is 0 Å². The highest BCUT2D eigenvalue weighted by Gasteiger charge is 2.43. The summed E-state index contributed by atoms with van der Waals surface area (Å²) in [6, 6.07) is 0. The molecule has 0 aromatic carbocycles. The first-order chi connectivity index (χ1) is 4.93. The normalized spacial score (nSPS) is 16.7. The van der Waals surface area contributed by atoms with Gasteiger partial charge in [0.25, 0.3) is 0 Å². The molecule has 6 heteroatoms. The molecule has 0 radical (unpaired) electrons. The van der Waals surface area contributed by atoms with Crippen LogP contribution < -0.4 is 0 Å². The molecule has 0 aliphatic rings. The van der Waals surface area contributed by atoms with Crippen LogP contribution in [0.4, 0.5) is 26.3 Å². The number of rotatable bonds is 2. The van der Waals surface area contributed by atoms with Crippen molar-refractivity contribution in [2.75, 3.05) is 6.67 Å². The van der Waals surface area contributed by atoms with Crippen molar-refractivity contribution in [2.45, 2.75) is 6.18 Å². The molecular formula is C5H4F6. The Bertz CT molecular complexity index is 146. The van der Waals surface area contributed by atoms with Gasteiger partial charge in [0, 0.05) is 0 Å². The van der Waals surface area contributed by atoms with Gasteiger partial charge in [-0.15, -0.1) is 0 Å². The van der Waals surface area contributed by atoms with Gasteiger partial charge < -0.3 is 0 Å². The average molecular weight is 178 g/mol. The highest BCUT2D eigenvalue weighted by atomic mass is 19.4. The molecule has 0 aliphatic heterocycles. The average Bonchev–Trinajstić information content (AvgIpc) is 1.86. The van der Waals surface area contributed by atoms with Gasteiger partial charge in [-0.05, 0) is 0 Å². The van der Waals surface area contributed by atoms with Crippen LogP contribution in [0.3, 0.4) is 0 Å². The summed E-state index contributed by atoms with van der Waals surface area (Å²) in [6.07, 6.45) is -5.96. The van der Waals surface area contributed by atoms with Crippen LogP contribution in [0.5, 0.6) is 0 Å². The van der Waals surface area contributed by atoms with Crippen LogP contribution >= 0.6 is 0 Å². The second kappa shape index (κ2) is 3.64. The van der Waals surface area contributed by atoms with E-state index in [-0.39, 0.29) is 0 Å². The van der Waals surface area contributed by atoms with Crippen LogP contribution in [0.2, 0.25) is 0 Å². The van der Waals surface area contributed by atoms with E-state index >= 15 is 0 Å². The van der Waals surface area contributed by atoms with Gasteiger partial charge in [-0.2, -0.15) is 13.2 Å². The zero-order chi connectivity index (χ0) is 9.07. The Morgan fingerprint density at radius 2 is 1.82 bits per heavy atom. The molecule has 0 aliphatic carbocycles. The lowest BCUT2D eigenvalue weighted by atomic mass is 10.1. The van der Waals surface area contributed by atoms with Crippen molar-refractivity contribution in [2.24, 2.45) is 5.92 Å². The van der Waals surface area contributed by atoms with Gasteiger partial charge in [-0.3, -0.25) is 0 Å². The lowest BCUT2D eigenvalue weighted by molar-refractivity contribution is -0.172. The molecule has 1 unspecified atom stereocenters. The first kappa shape index (κ1) is 10.3. The summed E-state index contributed by atoms with van der Waals surface area (Å²) in [5, 5.41) is 0. The predicted octanol–water partition coefficient (Wildman–Crippen LogP) is 2.91. The van der Waals surface area contributed by atoms with Crippen LogP contribution in [0.1, 0.15) is 0 Å². The Labute approximate surface area is 58.5 Å². The highest BCUT2D eigenvalue weighted by molar-refractivity contribution is 4.96. The lowest BCUT2D eigenvalue weighted by Crippen LogP contribution is -2.25. The first-order valence-corrected chi connectivity index (χ1v) is 2.52. The fourth-order valence-corrected chi connectivity index (χ4v) is 0.394. The molecule has 0 heterocycles. The fraction of sp³-hybridized carbons (Fsp3) is 0.600. The third kappa shape index (κ3) is 2.81. The smallest absolute Gasteiger partial charge is 0.250 e. The Hall–Kier alpha value is -0.680. The number of alkyl halides is 4. The van der Waals surface area contributed by atoms with E-state index in [2.05, 4.69) is 0 Å². The third-order valence-corrected chi connectivity index (χ3v) is 0.987. The minimum Gasteiger partial charge on any atom is -0.250 e. The van der Waals surface area contributed by atoms with Crippen LogP contribution in [0.25, 0.3) is 0 Å². The second-order valence-electron chi connectivity index (χ2n) is 1.74. The molecule has 0 fully saturated rings. The van der Waals surface area contributed by atoms with E-state index in [9.17, 15) is 26.3 Å². The summed E-state index contributed by atoms with van der Waals surface area (Å²) in [7, 11) is 0. The molecule has 66 valence electrons. The van der Waals surface area contributed by atoms with Crippen LogP contribution in [-0.4, -0.2) is 12.9 Å². The molecule has 0 bridgehead atoms.